The van der Waals surface area contributed by atoms with E-state index in [1.807, 2.05) is 4.90 Å². The van der Waals surface area contributed by atoms with Crippen molar-refractivity contribution in [3.05, 3.63) is 0 Å². The SMILES string of the molecule is O=C1CC2(CCN(C(=O)CC3CCS(=O)(=O)C3)CC2)CN1. The zero-order chi connectivity index (χ0) is 15.1. The van der Waals surface area contributed by atoms with Crippen molar-refractivity contribution in [2.45, 2.75) is 32.1 Å². The van der Waals surface area contributed by atoms with E-state index in [1.54, 1.807) is 0 Å². The minimum Gasteiger partial charge on any atom is -0.356 e. The van der Waals surface area contributed by atoms with Crippen LogP contribution in [0.25, 0.3) is 0 Å². The zero-order valence-corrected chi connectivity index (χ0v) is 13.0. The van der Waals surface area contributed by atoms with E-state index in [2.05, 4.69) is 5.32 Å². The highest BCUT2D eigenvalue weighted by molar-refractivity contribution is 7.91. The number of nitrogens with one attached hydrogen (secondary N) is 1. The lowest BCUT2D eigenvalue weighted by atomic mass is 9.77. The summed E-state index contributed by atoms with van der Waals surface area (Å²) in [7, 11) is -2.91. The van der Waals surface area contributed by atoms with Crippen LogP contribution in [0, 0.1) is 11.3 Å². The molecule has 7 heteroatoms. The molecule has 0 bridgehead atoms. The van der Waals surface area contributed by atoms with E-state index < -0.39 is 9.84 Å². The van der Waals surface area contributed by atoms with Crippen LogP contribution in [0.1, 0.15) is 32.1 Å². The molecule has 0 aliphatic carbocycles. The van der Waals surface area contributed by atoms with Gasteiger partial charge in [-0.2, -0.15) is 0 Å². The van der Waals surface area contributed by atoms with Crippen molar-refractivity contribution in [3.63, 3.8) is 0 Å². The maximum atomic E-state index is 12.3. The predicted octanol–water partition coefficient (Wildman–Crippen LogP) is -0.0601. The molecule has 0 saturated carbocycles. The largest absolute Gasteiger partial charge is 0.356 e. The summed E-state index contributed by atoms with van der Waals surface area (Å²) in [5.41, 5.74) is 0.0462. The number of piperidine rings is 1. The summed E-state index contributed by atoms with van der Waals surface area (Å²) in [5.74, 6) is 0.569. The van der Waals surface area contributed by atoms with E-state index in [0.29, 0.717) is 32.4 Å². The second kappa shape index (κ2) is 5.26. The maximum Gasteiger partial charge on any atom is 0.222 e. The molecule has 3 rings (SSSR count). The number of hydrogen-bond acceptors (Lipinski definition) is 4. The molecule has 1 atom stereocenters. The molecule has 0 aromatic heterocycles. The van der Waals surface area contributed by atoms with Gasteiger partial charge in [0, 0.05) is 32.5 Å². The number of likely N-dealkylation sites (tertiary alicyclic amines) is 1. The van der Waals surface area contributed by atoms with Gasteiger partial charge in [-0.3, -0.25) is 9.59 Å². The fraction of sp³-hybridized carbons (Fsp3) is 0.857. The van der Waals surface area contributed by atoms with Crippen molar-refractivity contribution in [2.75, 3.05) is 31.1 Å². The summed E-state index contributed by atoms with van der Waals surface area (Å²) in [6.07, 6.45) is 3.27. The molecule has 3 aliphatic rings. The van der Waals surface area contributed by atoms with Gasteiger partial charge in [-0.25, -0.2) is 8.42 Å². The van der Waals surface area contributed by atoms with Crippen molar-refractivity contribution in [3.8, 4) is 0 Å². The zero-order valence-electron chi connectivity index (χ0n) is 12.1. The molecule has 3 saturated heterocycles. The van der Waals surface area contributed by atoms with Gasteiger partial charge in [-0.05, 0) is 30.6 Å². The Labute approximate surface area is 125 Å². The number of nitrogens with zero attached hydrogens (tertiary/aromatic N) is 1. The van der Waals surface area contributed by atoms with Crippen molar-refractivity contribution >= 4 is 21.7 Å². The van der Waals surface area contributed by atoms with Crippen molar-refractivity contribution in [2.24, 2.45) is 11.3 Å². The molecular formula is C14H22N2O4S. The summed E-state index contributed by atoms with van der Waals surface area (Å²) in [6, 6.07) is 0. The third-order valence-corrected chi connectivity index (χ3v) is 7.00. The average Bonchev–Trinajstić information content (AvgIpc) is 2.94. The van der Waals surface area contributed by atoms with Gasteiger partial charge in [0.05, 0.1) is 11.5 Å². The number of carbonyl (C=O) groups excluding carboxylic acids is 2. The van der Waals surface area contributed by atoms with Crippen molar-refractivity contribution < 1.29 is 18.0 Å². The summed E-state index contributed by atoms with van der Waals surface area (Å²) in [6.45, 7) is 2.11. The van der Waals surface area contributed by atoms with E-state index in [9.17, 15) is 18.0 Å². The monoisotopic (exact) mass is 314 g/mol. The Morgan fingerprint density at radius 1 is 1.33 bits per heavy atom. The van der Waals surface area contributed by atoms with Crippen LogP contribution in [0.3, 0.4) is 0 Å². The van der Waals surface area contributed by atoms with Gasteiger partial charge in [0.2, 0.25) is 11.8 Å². The highest BCUT2D eigenvalue weighted by Gasteiger charge is 2.42. The number of hydrogen-bond donors (Lipinski definition) is 1. The summed E-state index contributed by atoms with van der Waals surface area (Å²) in [4.78, 5) is 25.5. The molecule has 1 N–H and O–H groups in total. The van der Waals surface area contributed by atoms with Crippen LogP contribution in [0.4, 0.5) is 0 Å². The number of amides is 2. The minimum absolute atomic E-state index is 0.00638. The van der Waals surface area contributed by atoms with E-state index in [-0.39, 0.29) is 34.7 Å². The smallest absolute Gasteiger partial charge is 0.222 e. The minimum atomic E-state index is -2.91. The Morgan fingerprint density at radius 2 is 2.05 bits per heavy atom. The maximum absolute atomic E-state index is 12.3. The molecule has 2 amide bonds. The van der Waals surface area contributed by atoms with Crippen LogP contribution >= 0.6 is 0 Å². The predicted molar refractivity (Wildman–Crippen MR) is 77.3 cm³/mol. The number of carbonyl (C=O) groups is 2. The highest BCUT2D eigenvalue weighted by atomic mass is 32.2. The Bertz CT molecular complexity index is 549. The number of sulfone groups is 1. The Balaban J connectivity index is 1.50. The van der Waals surface area contributed by atoms with Gasteiger partial charge in [-0.1, -0.05) is 0 Å². The molecular weight excluding hydrogens is 292 g/mol. The van der Waals surface area contributed by atoms with Crippen LogP contribution < -0.4 is 5.32 Å². The fourth-order valence-electron chi connectivity index (χ4n) is 3.74. The third-order valence-electron chi connectivity index (χ3n) is 5.16. The lowest BCUT2D eigenvalue weighted by Gasteiger charge is -2.38. The third kappa shape index (κ3) is 3.22. The summed E-state index contributed by atoms with van der Waals surface area (Å²) in [5, 5.41) is 2.88. The van der Waals surface area contributed by atoms with Gasteiger partial charge < -0.3 is 10.2 Å². The summed E-state index contributed by atoms with van der Waals surface area (Å²) < 4.78 is 22.9. The molecule has 3 heterocycles. The summed E-state index contributed by atoms with van der Waals surface area (Å²) >= 11 is 0. The van der Waals surface area contributed by atoms with Gasteiger partial charge in [0.25, 0.3) is 0 Å². The highest BCUT2D eigenvalue weighted by Crippen LogP contribution is 2.37. The second-order valence-corrected chi connectivity index (χ2v) is 9.04. The van der Waals surface area contributed by atoms with Gasteiger partial charge >= 0.3 is 0 Å². The first-order valence-electron chi connectivity index (χ1n) is 7.62. The van der Waals surface area contributed by atoms with Crippen molar-refractivity contribution in [1.82, 2.24) is 10.2 Å². The Kier molecular flexibility index (Phi) is 3.71. The normalized spacial score (nSPS) is 30.6. The van der Waals surface area contributed by atoms with Crippen LogP contribution in [-0.4, -0.2) is 56.3 Å². The Morgan fingerprint density at radius 3 is 2.57 bits per heavy atom. The van der Waals surface area contributed by atoms with Crippen LogP contribution in [0.5, 0.6) is 0 Å². The topological polar surface area (TPSA) is 83.6 Å². The van der Waals surface area contributed by atoms with E-state index in [1.165, 1.54) is 0 Å². The van der Waals surface area contributed by atoms with Crippen LogP contribution in [0.15, 0.2) is 0 Å². The molecule has 1 spiro atoms. The first-order valence-corrected chi connectivity index (χ1v) is 9.45. The van der Waals surface area contributed by atoms with Crippen LogP contribution in [-0.2, 0) is 19.4 Å². The first-order chi connectivity index (χ1) is 9.88. The first kappa shape index (κ1) is 14.8. The van der Waals surface area contributed by atoms with Gasteiger partial charge in [0.15, 0.2) is 9.84 Å². The quantitative estimate of drug-likeness (QED) is 0.774. The van der Waals surface area contributed by atoms with E-state index >= 15 is 0 Å². The molecule has 0 aromatic carbocycles. The molecule has 118 valence electrons. The molecule has 0 radical (unpaired) electrons. The fourth-order valence-corrected chi connectivity index (χ4v) is 5.61. The van der Waals surface area contributed by atoms with Crippen molar-refractivity contribution in [1.29, 1.82) is 0 Å². The van der Waals surface area contributed by atoms with Gasteiger partial charge in [0.1, 0.15) is 0 Å². The second-order valence-electron chi connectivity index (χ2n) is 6.81. The average molecular weight is 314 g/mol. The lowest BCUT2D eigenvalue weighted by Crippen LogP contribution is -2.44. The van der Waals surface area contributed by atoms with Gasteiger partial charge in [-0.15, -0.1) is 0 Å². The Hall–Kier alpha value is -1.11. The lowest BCUT2D eigenvalue weighted by molar-refractivity contribution is -0.134. The molecule has 6 nitrogen and oxygen atoms in total. The molecule has 3 fully saturated rings. The molecule has 0 aromatic rings. The molecule has 1 unspecified atom stereocenters. The van der Waals surface area contributed by atoms with E-state index in [0.717, 1.165) is 19.4 Å². The molecule has 21 heavy (non-hydrogen) atoms. The van der Waals surface area contributed by atoms with E-state index in [4.69, 9.17) is 0 Å². The standard InChI is InChI=1S/C14H22N2O4S/c17-12-8-14(10-15-12)2-4-16(5-3-14)13(18)7-11-1-6-21(19,20)9-11/h11H,1-10H2,(H,15,17). The molecule has 3 aliphatic heterocycles. The number of rotatable bonds is 2. The van der Waals surface area contributed by atoms with Crippen LogP contribution in [0.2, 0.25) is 0 Å².